The highest BCUT2D eigenvalue weighted by molar-refractivity contribution is 7.67. The van der Waals surface area contributed by atoms with E-state index in [4.69, 9.17) is 0 Å². The second-order valence-electron chi connectivity index (χ2n) is 6.05. The van der Waals surface area contributed by atoms with Crippen molar-refractivity contribution in [2.75, 3.05) is 0 Å². The Morgan fingerprint density at radius 2 is 1.15 bits per heavy atom. The summed E-state index contributed by atoms with van der Waals surface area (Å²) in [4.78, 5) is 0. The highest BCUT2D eigenvalue weighted by Gasteiger charge is 2.30. The first-order valence-electron chi connectivity index (χ1n) is 9.05. The van der Waals surface area contributed by atoms with E-state index in [-0.39, 0.29) is 0 Å². The van der Waals surface area contributed by atoms with Crippen LogP contribution in [0.15, 0.2) is 60.7 Å². The molecule has 0 aromatic heterocycles. The Morgan fingerprint density at radius 3 is 1.65 bits per heavy atom. The lowest BCUT2D eigenvalue weighted by atomic mass is 8.89. The summed E-state index contributed by atoms with van der Waals surface area (Å²) in [6.07, 6.45) is 1.43. The van der Waals surface area contributed by atoms with Gasteiger partial charge in [0.05, 0.1) is 14.3 Å². The lowest BCUT2D eigenvalue weighted by Gasteiger charge is -2.29. The SMILES string of the molecule is C[B][B][B][B][B][B][B][B][B]CCC(O)(c1ccccc1)c1ccccc1. The Balaban J connectivity index is 1.78. The van der Waals surface area contributed by atoms with E-state index in [1.165, 1.54) is 0 Å². The predicted molar refractivity (Wildman–Crippen MR) is 123 cm³/mol. The lowest BCUT2D eigenvalue weighted by Crippen LogP contribution is -2.32. The first-order chi connectivity index (χ1) is 12.8. The van der Waals surface area contributed by atoms with E-state index >= 15 is 0 Å². The highest BCUT2D eigenvalue weighted by atomic mass is 16.3. The third-order valence-electron chi connectivity index (χ3n) is 4.17. The van der Waals surface area contributed by atoms with E-state index < -0.39 is 5.60 Å². The second-order valence-corrected chi connectivity index (χ2v) is 6.05. The average Bonchev–Trinajstić information content (AvgIpc) is 2.70. The van der Waals surface area contributed by atoms with Crippen LogP contribution >= 0.6 is 0 Å². The van der Waals surface area contributed by atoms with Crippen molar-refractivity contribution in [3.63, 3.8) is 0 Å². The van der Waals surface area contributed by atoms with Gasteiger partial charge in [-0.15, -0.1) is 6.82 Å². The molecule has 2 aromatic carbocycles. The van der Waals surface area contributed by atoms with Crippen LogP contribution in [-0.2, 0) is 5.60 Å². The number of hydrogen-bond donors (Lipinski definition) is 1. The third-order valence-corrected chi connectivity index (χ3v) is 4.17. The van der Waals surface area contributed by atoms with Gasteiger partial charge in [-0.3, -0.25) is 0 Å². The van der Waals surface area contributed by atoms with Gasteiger partial charge in [-0.1, -0.05) is 67.0 Å². The Morgan fingerprint density at radius 1 is 0.692 bits per heavy atom. The molecule has 0 saturated carbocycles. The largest absolute Gasteiger partial charge is 0.380 e. The molecule has 0 fully saturated rings. The van der Waals surface area contributed by atoms with Crippen LogP contribution in [0.2, 0.25) is 13.1 Å². The van der Waals surface area contributed by atoms with Crippen molar-refractivity contribution in [2.45, 2.75) is 25.2 Å². The highest BCUT2D eigenvalue weighted by Crippen LogP contribution is 2.33. The topological polar surface area (TPSA) is 20.2 Å². The van der Waals surface area contributed by atoms with E-state index in [0.717, 1.165) is 17.4 Å². The van der Waals surface area contributed by atoms with Crippen LogP contribution < -0.4 is 0 Å². The summed E-state index contributed by atoms with van der Waals surface area (Å²) in [6, 6.07) is 19.8. The van der Waals surface area contributed by atoms with Gasteiger partial charge in [-0.05, 0) is 17.5 Å². The maximum atomic E-state index is 11.4. The lowest BCUT2D eigenvalue weighted by molar-refractivity contribution is 0.0766. The molecule has 0 aliphatic carbocycles. The minimum atomic E-state index is -0.974. The van der Waals surface area contributed by atoms with Gasteiger partial charge in [0.2, 0.25) is 0 Å². The Hall–Kier alpha value is -1.02. The Labute approximate surface area is 165 Å². The number of hydrogen-bond acceptors (Lipinski definition) is 1. The number of aliphatic hydroxyl groups is 1. The normalized spacial score (nSPS) is 10.2. The van der Waals surface area contributed by atoms with Crippen molar-refractivity contribution in [3.8, 4) is 0 Å². The molecule has 0 saturated heterocycles. The van der Waals surface area contributed by atoms with Crippen molar-refractivity contribution in [1.82, 2.24) is 0 Å². The zero-order chi connectivity index (χ0) is 18.5. The molecule has 9 radical (unpaired) electrons. The van der Waals surface area contributed by atoms with Gasteiger partial charge in [0, 0.05) is 49.4 Å². The summed E-state index contributed by atoms with van der Waals surface area (Å²) in [5.74, 6) is 0. The molecule has 1 nitrogen and oxygen atoms in total. The standard InChI is InChI=1S/C16H18B9O/c1-17-19-21-23-25-24-22-20-18-13-12-16(26,14-8-4-2-5-9-14)15-10-6-3-7-11-15/h2-11,26H,12-13H2,1H3. The molecular weight excluding hydrogens is 305 g/mol. The minimum Gasteiger partial charge on any atom is -0.380 e. The summed E-state index contributed by atoms with van der Waals surface area (Å²) >= 11 is 0. The smallest absolute Gasteiger partial charge is 0.114 e. The average molecular weight is 324 g/mol. The number of rotatable bonds is 13. The first-order valence-corrected chi connectivity index (χ1v) is 9.05. The third kappa shape index (κ3) is 6.95. The van der Waals surface area contributed by atoms with Crippen LogP contribution in [-0.4, -0.2) is 68.9 Å². The molecule has 26 heavy (non-hydrogen) atoms. The van der Waals surface area contributed by atoms with Gasteiger partial charge in [-0.2, -0.15) is 0 Å². The van der Waals surface area contributed by atoms with Crippen molar-refractivity contribution >= 4 is 63.8 Å². The van der Waals surface area contributed by atoms with E-state index in [2.05, 4.69) is 7.17 Å². The van der Waals surface area contributed by atoms with Crippen LogP contribution in [0, 0.1) is 0 Å². The zero-order valence-corrected chi connectivity index (χ0v) is 15.3. The van der Waals surface area contributed by atoms with E-state index in [9.17, 15) is 5.11 Å². The molecule has 115 valence electrons. The quantitative estimate of drug-likeness (QED) is 0.419. The molecule has 0 atom stereocenters. The number of benzene rings is 2. The van der Waals surface area contributed by atoms with Gasteiger partial charge < -0.3 is 5.11 Å². The molecule has 0 bridgehead atoms. The summed E-state index contributed by atoms with van der Waals surface area (Å²) in [7, 11) is 18.1. The summed E-state index contributed by atoms with van der Waals surface area (Å²) in [5, 5.41) is 11.4. The van der Waals surface area contributed by atoms with E-state index in [0.29, 0.717) is 6.42 Å². The first kappa shape index (κ1) is 21.3. The second kappa shape index (κ2) is 12.4. The van der Waals surface area contributed by atoms with Crippen molar-refractivity contribution in [1.29, 1.82) is 0 Å². The Kier molecular flexibility index (Phi) is 10.1. The minimum absolute atomic E-state index is 0.635. The predicted octanol–water partition coefficient (Wildman–Crippen LogP) is 0.437. The van der Waals surface area contributed by atoms with Crippen LogP contribution in [0.5, 0.6) is 0 Å². The van der Waals surface area contributed by atoms with E-state index in [1.807, 2.05) is 124 Å². The fourth-order valence-electron chi connectivity index (χ4n) is 2.78. The summed E-state index contributed by atoms with van der Waals surface area (Å²) < 4.78 is 0. The van der Waals surface area contributed by atoms with Crippen LogP contribution in [0.1, 0.15) is 17.5 Å². The Bertz CT molecular complexity index is 560. The zero-order valence-electron chi connectivity index (χ0n) is 15.3. The fraction of sp³-hybridized carbons (Fsp3) is 0.250. The molecule has 2 aromatic rings. The molecule has 0 aliphatic heterocycles. The molecule has 0 spiro atoms. The molecule has 0 aliphatic rings. The van der Waals surface area contributed by atoms with E-state index in [1.54, 1.807) is 0 Å². The van der Waals surface area contributed by atoms with Crippen molar-refractivity contribution in [2.24, 2.45) is 0 Å². The van der Waals surface area contributed by atoms with Crippen LogP contribution in [0.25, 0.3) is 0 Å². The maximum absolute atomic E-state index is 11.4. The molecular formula is C16H18B9O. The van der Waals surface area contributed by atoms with Gasteiger partial charge in [-0.25, -0.2) is 0 Å². The van der Waals surface area contributed by atoms with Crippen molar-refractivity contribution < 1.29 is 5.11 Å². The fourth-order valence-corrected chi connectivity index (χ4v) is 2.78. The molecule has 1 N–H and O–H groups in total. The van der Waals surface area contributed by atoms with Gasteiger partial charge >= 0.3 is 0 Å². The van der Waals surface area contributed by atoms with Gasteiger partial charge in [0.25, 0.3) is 0 Å². The monoisotopic (exact) mass is 325 g/mol. The van der Waals surface area contributed by atoms with Crippen LogP contribution in [0.3, 0.4) is 0 Å². The van der Waals surface area contributed by atoms with Crippen LogP contribution in [0.4, 0.5) is 0 Å². The molecule has 0 unspecified atom stereocenters. The van der Waals surface area contributed by atoms with Gasteiger partial charge in [0.15, 0.2) is 0 Å². The maximum Gasteiger partial charge on any atom is 0.114 e. The summed E-state index contributed by atoms with van der Waals surface area (Å²) in [5.41, 5.74) is 0.882. The van der Waals surface area contributed by atoms with Crippen molar-refractivity contribution in [3.05, 3.63) is 71.8 Å². The molecule has 2 rings (SSSR count). The molecule has 10 heteroatoms. The van der Waals surface area contributed by atoms with Gasteiger partial charge in [0.1, 0.15) is 5.60 Å². The molecule has 0 heterocycles. The summed E-state index contributed by atoms with van der Waals surface area (Å²) in [6.45, 7) is 2.00. The molecule has 0 amide bonds.